The van der Waals surface area contributed by atoms with Gasteiger partial charge in [-0.1, -0.05) is 23.7 Å². The molecule has 4 saturated heterocycles. The standard InChI is InChI=1S/C34H33ClF3N7O/c1-33-8-6-20(42-33)15-44(16-33)31-21-11-24(37)28(27-22-13-39-43-25(22)10-18-4-2-5-23(35)26(18)27)29(38)30(21)40-32(41-31)46-17-34-7-3-9-45(34)14-19(36)12-34/h2,4-5,10-11,13,19-20,42H,3,6-9,12,14-17H2,1H3,(H,39,43)/t19-,20-,33+,34+/m1/s1. The van der Waals surface area contributed by atoms with Gasteiger partial charge in [-0.15, -0.1) is 0 Å². The van der Waals surface area contributed by atoms with E-state index in [1.807, 2.05) is 12.1 Å². The Kier molecular flexibility index (Phi) is 6.31. The molecule has 0 amide bonds. The van der Waals surface area contributed by atoms with Gasteiger partial charge in [-0.05, 0) is 62.7 Å². The van der Waals surface area contributed by atoms with Gasteiger partial charge in [0.15, 0.2) is 5.82 Å². The van der Waals surface area contributed by atoms with Gasteiger partial charge in [0.2, 0.25) is 0 Å². The number of benzene rings is 3. The van der Waals surface area contributed by atoms with Crippen LogP contribution in [0.1, 0.15) is 39.0 Å². The van der Waals surface area contributed by atoms with Crippen molar-refractivity contribution < 1.29 is 17.9 Å². The third kappa shape index (κ3) is 4.31. The van der Waals surface area contributed by atoms with Gasteiger partial charge in [0.1, 0.15) is 29.9 Å². The lowest BCUT2D eigenvalue weighted by molar-refractivity contribution is 0.107. The summed E-state index contributed by atoms with van der Waals surface area (Å²) in [6.45, 7) is 4.84. The van der Waals surface area contributed by atoms with E-state index in [-0.39, 0.29) is 40.7 Å². The molecule has 6 heterocycles. The predicted molar refractivity (Wildman–Crippen MR) is 172 cm³/mol. The van der Waals surface area contributed by atoms with Crippen molar-refractivity contribution in [2.45, 2.75) is 62.3 Å². The lowest BCUT2D eigenvalue weighted by Gasteiger charge is -2.40. The van der Waals surface area contributed by atoms with E-state index in [9.17, 15) is 4.39 Å². The van der Waals surface area contributed by atoms with Crippen LogP contribution in [-0.4, -0.2) is 81.1 Å². The van der Waals surface area contributed by atoms with Crippen molar-refractivity contribution in [2.75, 3.05) is 37.7 Å². The highest BCUT2D eigenvalue weighted by Gasteiger charge is 2.49. The van der Waals surface area contributed by atoms with E-state index in [0.29, 0.717) is 58.7 Å². The van der Waals surface area contributed by atoms with Crippen LogP contribution in [0, 0.1) is 11.6 Å². The highest BCUT2D eigenvalue weighted by molar-refractivity contribution is 6.37. The number of fused-ring (bicyclic) bond motifs is 6. The summed E-state index contributed by atoms with van der Waals surface area (Å²) in [6, 6.07) is 8.80. The summed E-state index contributed by atoms with van der Waals surface area (Å²) in [6.07, 6.45) is 4.82. The van der Waals surface area contributed by atoms with Gasteiger partial charge in [0.25, 0.3) is 0 Å². The molecular formula is C34H33ClF3N7O. The van der Waals surface area contributed by atoms with Crippen molar-refractivity contribution in [1.29, 1.82) is 0 Å². The summed E-state index contributed by atoms with van der Waals surface area (Å²) in [5.41, 5.74) is 0.0799. The van der Waals surface area contributed by atoms with Crippen LogP contribution >= 0.6 is 11.6 Å². The van der Waals surface area contributed by atoms with Crippen LogP contribution in [0.5, 0.6) is 6.01 Å². The summed E-state index contributed by atoms with van der Waals surface area (Å²) in [5, 5.41) is 13.2. The second-order valence-corrected chi connectivity index (χ2v) is 14.3. The van der Waals surface area contributed by atoms with E-state index < -0.39 is 23.3 Å². The first-order valence-corrected chi connectivity index (χ1v) is 16.4. The van der Waals surface area contributed by atoms with E-state index in [4.69, 9.17) is 21.3 Å². The molecule has 4 aliphatic rings. The molecule has 4 atom stereocenters. The first kappa shape index (κ1) is 28.5. The second kappa shape index (κ2) is 10.2. The summed E-state index contributed by atoms with van der Waals surface area (Å²) in [7, 11) is 0. The van der Waals surface area contributed by atoms with Crippen molar-refractivity contribution in [1.82, 2.24) is 30.4 Å². The Morgan fingerprint density at radius 3 is 2.87 bits per heavy atom. The third-order valence-corrected chi connectivity index (χ3v) is 11.0. The van der Waals surface area contributed by atoms with Crippen LogP contribution in [0.25, 0.3) is 43.7 Å². The molecule has 0 aliphatic carbocycles. The fraction of sp³-hybridized carbons (Fsp3) is 0.441. The molecule has 2 aromatic heterocycles. The van der Waals surface area contributed by atoms with E-state index in [1.54, 1.807) is 18.3 Å². The Morgan fingerprint density at radius 2 is 2.00 bits per heavy atom. The molecule has 3 aromatic carbocycles. The molecule has 12 heteroatoms. The summed E-state index contributed by atoms with van der Waals surface area (Å²) < 4.78 is 54.5. The summed E-state index contributed by atoms with van der Waals surface area (Å²) in [5.74, 6) is -1.14. The molecule has 46 heavy (non-hydrogen) atoms. The van der Waals surface area contributed by atoms with Crippen LogP contribution in [0.4, 0.5) is 19.0 Å². The number of piperazine rings is 1. The average Bonchev–Trinajstić information content (AvgIpc) is 3.78. The largest absolute Gasteiger partial charge is 0.461 e. The maximum atomic E-state index is 17.1. The average molecular weight is 648 g/mol. The van der Waals surface area contributed by atoms with E-state index >= 15 is 8.78 Å². The number of alkyl halides is 1. The van der Waals surface area contributed by atoms with Gasteiger partial charge in [0, 0.05) is 64.4 Å². The van der Waals surface area contributed by atoms with Crippen molar-refractivity contribution >= 4 is 50.0 Å². The number of H-pyrrole nitrogens is 1. The molecular weight excluding hydrogens is 615 g/mol. The summed E-state index contributed by atoms with van der Waals surface area (Å²) >= 11 is 6.69. The molecule has 0 unspecified atom stereocenters. The van der Waals surface area contributed by atoms with Gasteiger partial charge < -0.3 is 15.0 Å². The smallest absolute Gasteiger partial charge is 0.319 e. The number of nitrogens with one attached hydrogen (secondary N) is 2. The first-order valence-electron chi connectivity index (χ1n) is 16.0. The molecule has 9 rings (SSSR count). The zero-order chi connectivity index (χ0) is 31.4. The van der Waals surface area contributed by atoms with Crippen molar-refractivity contribution in [2.24, 2.45) is 0 Å². The Bertz CT molecular complexity index is 2060. The minimum atomic E-state index is -0.913. The van der Waals surface area contributed by atoms with Crippen LogP contribution < -0.4 is 15.0 Å². The summed E-state index contributed by atoms with van der Waals surface area (Å²) in [4.78, 5) is 13.7. The van der Waals surface area contributed by atoms with E-state index in [1.165, 1.54) is 6.07 Å². The maximum Gasteiger partial charge on any atom is 0.319 e. The van der Waals surface area contributed by atoms with Crippen LogP contribution in [0.15, 0.2) is 36.5 Å². The molecule has 2 N–H and O–H groups in total. The minimum Gasteiger partial charge on any atom is -0.461 e. The number of nitrogens with zero attached hydrogens (tertiary/aromatic N) is 5. The van der Waals surface area contributed by atoms with Crippen LogP contribution in [0.3, 0.4) is 0 Å². The van der Waals surface area contributed by atoms with Gasteiger partial charge >= 0.3 is 6.01 Å². The highest BCUT2D eigenvalue weighted by Crippen LogP contribution is 2.45. The van der Waals surface area contributed by atoms with E-state index in [2.05, 4.69) is 37.2 Å². The molecule has 4 aliphatic heterocycles. The van der Waals surface area contributed by atoms with Crippen LogP contribution in [0.2, 0.25) is 5.02 Å². The van der Waals surface area contributed by atoms with Crippen molar-refractivity contribution in [3.63, 3.8) is 0 Å². The number of rotatable bonds is 5. The Labute approximate surface area is 268 Å². The zero-order valence-corrected chi connectivity index (χ0v) is 26.1. The van der Waals surface area contributed by atoms with Crippen molar-refractivity contribution in [3.05, 3.63) is 53.2 Å². The second-order valence-electron chi connectivity index (χ2n) is 13.9. The highest BCUT2D eigenvalue weighted by atomic mass is 35.5. The molecule has 0 spiro atoms. The van der Waals surface area contributed by atoms with Gasteiger partial charge in [0.05, 0.1) is 22.8 Å². The number of anilines is 1. The molecule has 0 radical (unpaired) electrons. The lowest BCUT2D eigenvalue weighted by atomic mass is 9.93. The number of aromatic amines is 1. The molecule has 0 saturated carbocycles. The number of hydrogen-bond acceptors (Lipinski definition) is 7. The van der Waals surface area contributed by atoms with Gasteiger partial charge in [-0.2, -0.15) is 15.1 Å². The zero-order valence-electron chi connectivity index (χ0n) is 25.3. The predicted octanol–water partition coefficient (Wildman–Crippen LogP) is 6.54. The Balaban J connectivity index is 1.24. The molecule has 8 nitrogen and oxygen atoms in total. The quantitative estimate of drug-likeness (QED) is 0.224. The molecule has 4 fully saturated rings. The lowest BCUT2D eigenvalue weighted by Crippen LogP contribution is -2.58. The number of aromatic nitrogens is 4. The molecule has 238 valence electrons. The third-order valence-electron chi connectivity index (χ3n) is 10.7. The van der Waals surface area contributed by atoms with Crippen molar-refractivity contribution in [3.8, 4) is 17.1 Å². The Hall–Kier alpha value is -3.67. The van der Waals surface area contributed by atoms with Crippen LogP contribution in [-0.2, 0) is 0 Å². The Morgan fingerprint density at radius 1 is 1.11 bits per heavy atom. The first-order chi connectivity index (χ1) is 22.2. The van der Waals surface area contributed by atoms with Gasteiger partial charge in [-0.3, -0.25) is 10.00 Å². The number of ether oxygens (including phenoxy) is 1. The maximum absolute atomic E-state index is 17.1. The fourth-order valence-corrected chi connectivity index (χ4v) is 9.00. The molecule has 2 bridgehead atoms. The number of hydrogen-bond donors (Lipinski definition) is 2. The van der Waals surface area contributed by atoms with E-state index in [0.717, 1.165) is 37.6 Å². The topological polar surface area (TPSA) is 82.2 Å². The normalized spacial score (nSPS) is 27.8. The molecule has 5 aromatic rings. The SMILES string of the molecule is C[C@]12CC[C@H](CN(c3nc(OC[C@@]45CCCN4C[C@H](F)C5)nc4c(F)c(-c5c6cn[nH]c6cc6cccc(Cl)c56)c(F)cc34)C1)N2. The van der Waals surface area contributed by atoms with Gasteiger partial charge in [-0.25, -0.2) is 13.2 Å². The monoisotopic (exact) mass is 647 g/mol. The fourth-order valence-electron chi connectivity index (χ4n) is 8.73. The number of halogens is 4. The minimum absolute atomic E-state index is 0.00272.